The monoisotopic (exact) mass is 284 g/mol. The molecule has 0 aliphatic heterocycles. The van der Waals surface area contributed by atoms with E-state index in [2.05, 4.69) is 21.0 Å². The summed E-state index contributed by atoms with van der Waals surface area (Å²) in [7, 11) is 0. The van der Waals surface area contributed by atoms with E-state index >= 15 is 0 Å². The maximum atomic E-state index is 10.9. The fraction of sp³-hybridized carbons (Fsp3) is 0. The third kappa shape index (κ3) is 2.11. The molecule has 0 unspecified atom stereocenters. The minimum Gasteiger partial charge on any atom is -0.298 e. The second kappa shape index (κ2) is 4.16. The number of aromatic nitrogens is 2. The number of rotatable bonds is 2. The van der Waals surface area contributed by atoms with Gasteiger partial charge in [0.15, 0.2) is 6.29 Å². The number of carbonyl (C=O) groups excluding carboxylic acids is 1. The van der Waals surface area contributed by atoms with E-state index in [1.54, 1.807) is 23.0 Å². The van der Waals surface area contributed by atoms with Gasteiger partial charge in [-0.05, 0) is 18.2 Å². The molecule has 0 amide bonds. The zero-order chi connectivity index (χ0) is 10.8. The summed E-state index contributed by atoms with van der Waals surface area (Å²) in [5.41, 5.74) is 1.27. The second-order valence-electron chi connectivity index (χ2n) is 2.92. The first-order valence-electron chi connectivity index (χ1n) is 4.16. The molecule has 0 bridgehead atoms. The smallest absolute Gasteiger partial charge is 0.152 e. The number of carbonyl (C=O) groups is 1. The summed E-state index contributed by atoms with van der Waals surface area (Å²) in [5.74, 6) is 0. The van der Waals surface area contributed by atoms with Crippen LogP contribution in [0.4, 0.5) is 0 Å². The van der Waals surface area contributed by atoms with Gasteiger partial charge in [0.2, 0.25) is 0 Å². The van der Waals surface area contributed by atoms with Crippen LogP contribution in [0, 0.1) is 0 Å². The molecule has 0 spiro atoms. The van der Waals surface area contributed by atoms with E-state index in [1.807, 2.05) is 6.07 Å². The summed E-state index contributed by atoms with van der Waals surface area (Å²) in [4.78, 5) is 10.9. The Morgan fingerprint density at radius 2 is 2.27 bits per heavy atom. The minimum atomic E-state index is 0.537. The fourth-order valence-corrected chi connectivity index (χ4v) is 1.78. The van der Waals surface area contributed by atoms with Gasteiger partial charge < -0.3 is 0 Å². The fourth-order valence-electron chi connectivity index (χ4n) is 1.26. The van der Waals surface area contributed by atoms with Crippen LogP contribution in [-0.4, -0.2) is 16.1 Å². The SMILES string of the molecule is O=Cc1cc(Br)ccc1-n1cc(Cl)cn1. The second-order valence-corrected chi connectivity index (χ2v) is 4.28. The first-order chi connectivity index (χ1) is 7.20. The zero-order valence-corrected chi connectivity index (χ0v) is 9.86. The summed E-state index contributed by atoms with van der Waals surface area (Å²) in [6.45, 7) is 0. The predicted molar refractivity (Wildman–Crippen MR) is 61.7 cm³/mol. The van der Waals surface area contributed by atoms with Crippen LogP contribution in [0.1, 0.15) is 10.4 Å². The Labute approximate surface area is 99.8 Å². The molecule has 15 heavy (non-hydrogen) atoms. The lowest BCUT2D eigenvalue weighted by molar-refractivity contribution is 0.112. The van der Waals surface area contributed by atoms with Crippen LogP contribution in [0.25, 0.3) is 5.69 Å². The highest BCUT2D eigenvalue weighted by Gasteiger charge is 2.05. The van der Waals surface area contributed by atoms with Gasteiger partial charge in [0.25, 0.3) is 0 Å². The molecule has 0 saturated carbocycles. The van der Waals surface area contributed by atoms with Gasteiger partial charge in [0.1, 0.15) is 0 Å². The summed E-state index contributed by atoms with van der Waals surface area (Å²) in [6, 6.07) is 5.38. The third-order valence-electron chi connectivity index (χ3n) is 1.91. The molecular weight excluding hydrogens is 279 g/mol. The highest BCUT2D eigenvalue weighted by atomic mass is 79.9. The Morgan fingerprint density at radius 1 is 1.47 bits per heavy atom. The molecule has 1 heterocycles. The van der Waals surface area contributed by atoms with Crippen LogP contribution in [0.15, 0.2) is 35.1 Å². The predicted octanol–water partition coefficient (Wildman–Crippen LogP) is 3.10. The van der Waals surface area contributed by atoms with Gasteiger partial charge in [0, 0.05) is 16.2 Å². The lowest BCUT2D eigenvalue weighted by Crippen LogP contribution is -1.99. The molecule has 0 saturated heterocycles. The van der Waals surface area contributed by atoms with Crippen molar-refractivity contribution in [2.75, 3.05) is 0 Å². The molecular formula is C10H6BrClN2O. The highest BCUT2D eigenvalue weighted by Crippen LogP contribution is 2.19. The van der Waals surface area contributed by atoms with Gasteiger partial charge in [0.05, 0.1) is 16.9 Å². The first-order valence-corrected chi connectivity index (χ1v) is 5.33. The molecule has 0 fully saturated rings. The molecule has 1 aromatic carbocycles. The number of nitrogens with zero attached hydrogens (tertiary/aromatic N) is 2. The average Bonchev–Trinajstić information content (AvgIpc) is 2.64. The number of aldehydes is 1. The van der Waals surface area contributed by atoms with E-state index in [4.69, 9.17) is 11.6 Å². The largest absolute Gasteiger partial charge is 0.298 e. The standard InChI is InChI=1S/C10H6BrClN2O/c11-8-1-2-10(7(3-8)6-15)14-5-9(12)4-13-14/h1-6H. The van der Waals surface area contributed by atoms with E-state index in [0.29, 0.717) is 16.3 Å². The maximum absolute atomic E-state index is 10.9. The number of hydrogen-bond donors (Lipinski definition) is 0. The van der Waals surface area contributed by atoms with Crippen molar-refractivity contribution in [2.24, 2.45) is 0 Å². The van der Waals surface area contributed by atoms with E-state index < -0.39 is 0 Å². The maximum Gasteiger partial charge on any atom is 0.152 e. The van der Waals surface area contributed by atoms with Crippen molar-refractivity contribution in [2.45, 2.75) is 0 Å². The molecule has 0 atom stereocenters. The molecule has 76 valence electrons. The summed E-state index contributed by atoms with van der Waals surface area (Å²) in [5, 5.41) is 4.57. The molecule has 0 radical (unpaired) electrons. The van der Waals surface area contributed by atoms with Gasteiger partial charge >= 0.3 is 0 Å². The van der Waals surface area contributed by atoms with Crippen LogP contribution in [0.2, 0.25) is 5.02 Å². The first kappa shape index (κ1) is 10.4. The Bertz CT molecular complexity index is 510. The topological polar surface area (TPSA) is 34.9 Å². The normalized spacial score (nSPS) is 10.3. The molecule has 0 aliphatic carbocycles. The Balaban J connectivity index is 2.57. The van der Waals surface area contributed by atoms with Gasteiger partial charge in [-0.3, -0.25) is 4.79 Å². The van der Waals surface area contributed by atoms with E-state index in [1.165, 1.54) is 6.20 Å². The third-order valence-corrected chi connectivity index (χ3v) is 2.60. The molecule has 0 aliphatic rings. The van der Waals surface area contributed by atoms with Gasteiger partial charge in [-0.25, -0.2) is 4.68 Å². The Hall–Kier alpha value is -1.13. The van der Waals surface area contributed by atoms with Crippen molar-refractivity contribution in [1.29, 1.82) is 0 Å². The minimum absolute atomic E-state index is 0.537. The summed E-state index contributed by atoms with van der Waals surface area (Å²) >= 11 is 9.06. The van der Waals surface area contributed by atoms with Crippen molar-refractivity contribution in [3.8, 4) is 5.69 Å². The van der Waals surface area contributed by atoms with Crippen LogP contribution in [0.5, 0.6) is 0 Å². The Morgan fingerprint density at radius 3 is 2.87 bits per heavy atom. The molecule has 2 rings (SSSR count). The molecule has 3 nitrogen and oxygen atoms in total. The molecule has 1 aromatic heterocycles. The highest BCUT2D eigenvalue weighted by molar-refractivity contribution is 9.10. The van der Waals surface area contributed by atoms with E-state index in [-0.39, 0.29) is 0 Å². The Kier molecular flexibility index (Phi) is 2.88. The lowest BCUT2D eigenvalue weighted by atomic mass is 10.2. The lowest BCUT2D eigenvalue weighted by Gasteiger charge is -2.04. The molecule has 5 heteroatoms. The van der Waals surface area contributed by atoms with Gasteiger partial charge in [-0.1, -0.05) is 27.5 Å². The summed E-state index contributed by atoms with van der Waals surface area (Å²) in [6.07, 6.45) is 3.96. The van der Waals surface area contributed by atoms with Crippen LogP contribution < -0.4 is 0 Å². The van der Waals surface area contributed by atoms with Crippen molar-refractivity contribution in [3.63, 3.8) is 0 Å². The summed E-state index contributed by atoms with van der Waals surface area (Å²) < 4.78 is 2.42. The molecule has 2 aromatic rings. The van der Waals surface area contributed by atoms with E-state index in [0.717, 1.165) is 10.8 Å². The van der Waals surface area contributed by atoms with Crippen LogP contribution >= 0.6 is 27.5 Å². The van der Waals surface area contributed by atoms with Crippen LogP contribution in [-0.2, 0) is 0 Å². The number of halogens is 2. The molecule has 0 N–H and O–H groups in total. The quantitative estimate of drug-likeness (QED) is 0.795. The van der Waals surface area contributed by atoms with Gasteiger partial charge in [-0.2, -0.15) is 5.10 Å². The van der Waals surface area contributed by atoms with Gasteiger partial charge in [-0.15, -0.1) is 0 Å². The number of hydrogen-bond acceptors (Lipinski definition) is 2. The number of benzene rings is 1. The van der Waals surface area contributed by atoms with Crippen molar-refractivity contribution in [3.05, 3.63) is 45.7 Å². The van der Waals surface area contributed by atoms with E-state index in [9.17, 15) is 4.79 Å². The van der Waals surface area contributed by atoms with Crippen molar-refractivity contribution < 1.29 is 4.79 Å². The van der Waals surface area contributed by atoms with Crippen molar-refractivity contribution in [1.82, 2.24) is 9.78 Å². The zero-order valence-electron chi connectivity index (χ0n) is 7.52. The average molecular weight is 286 g/mol. The van der Waals surface area contributed by atoms with Crippen molar-refractivity contribution >= 4 is 33.8 Å². The van der Waals surface area contributed by atoms with Crippen LogP contribution in [0.3, 0.4) is 0 Å².